The molecule has 0 aromatic heterocycles. The van der Waals surface area contributed by atoms with Gasteiger partial charge in [0.2, 0.25) is 5.82 Å². The molecule has 0 aliphatic heterocycles. The summed E-state index contributed by atoms with van der Waals surface area (Å²) in [4.78, 5) is 11.4. The van der Waals surface area contributed by atoms with Crippen LogP contribution in [0.3, 0.4) is 0 Å². The summed E-state index contributed by atoms with van der Waals surface area (Å²) in [5, 5.41) is 0. The number of carbonyl (C=O) groups is 1. The van der Waals surface area contributed by atoms with Crippen molar-refractivity contribution in [3.8, 4) is 5.75 Å². The van der Waals surface area contributed by atoms with Gasteiger partial charge in [0, 0.05) is 12.0 Å². The van der Waals surface area contributed by atoms with Gasteiger partial charge >= 0.3 is 0 Å². The van der Waals surface area contributed by atoms with E-state index in [9.17, 15) is 13.6 Å². The van der Waals surface area contributed by atoms with E-state index < -0.39 is 11.6 Å². The lowest BCUT2D eigenvalue weighted by atomic mass is 10.1. The van der Waals surface area contributed by atoms with Crippen molar-refractivity contribution in [2.24, 2.45) is 0 Å². The van der Waals surface area contributed by atoms with Gasteiger partial charge in [0.15, 0.2) is 17.3 Å². The van der Waals surface area contributed by atoms with Crippen molar-refractivity contribution < 1.29 is 18.3 Å². The van der Waals surface area contributed by atoms with E-state index in [1.807, 2.05) is 6.92 Å². The van der Waals surface area contributed by atoms with Crippen LogP contribution in [0.5, 0.6) is 5.75 Å². The van der Waals surface area contributed by atoms with Crippen LogP contribution in [0.2, 0.25) is 0 Å². The first kappa shape index (κ1) is 11.6. The third-order valence-corrected chi connectivity index (χ3v) is 2.01. The Morgan fingerprint density at radius 2 is 2.07 bits per heavy atom. The van der Waals surface area contributed by atoms with Gasteiger partial charge in [-0.3, -0.25) is 4.79 Å². The highest BCUT2D eigenvalue weighted by Crippen LogP contribution is 2.22. The average molecular weight is 214 g/mol. The average Bonchev–Trinajstić information content (AvgIpc) is 2.22. The second kappa shape index (κ2) is 4.87. The maximum Gasteiger partial charge on any atom is 0.200 e. The largest absolute Gasteiger partial charge is 0.494 e. The highest BCUT2D eigenvalue weighted by Gasteiger charge is 2.14. The first-order chi connectivity index (χ1) is 7.10. The molecular weight excluding hydrogens is 202 g/mol. The zero-order valence-electron chi connectivity index (χ0n) is 8.64. The van der Waals surface area contributed by atoms with Crippen molar-refractivity contribution in [2.75, 3.05) is 7.11 Å². The SMILES string of the molecule is CCCC(=O)c1cc(F)c(F)c(OC)c1. The lowest BCUT2D eigenvalue weighted by Gasteiger charge is -2.05. The molecule has 0 saturated carbocycles. The van der Waals surface area contributed by atoms with Gasteiger partial charge < -0.3 is 4.74 Å². The normalized spacial score (nSPS) is 10.1. The molecule has 2 nitrogen and oxygen atoms in total. The molecular formula is C11H12F2O2. The second-order valence-corrected chi connectivity index (χ2v) is 3.15. The minimum Gasteiger partial charge on any atom is -0.494 e. The summed E-state index contributed by atoms with van der Waals surface area (Å²) in [7, 11) is 1.23. The molecule has 15 heavy (non-hydrogen) atoms. The van der Waals surface area contributed by atoms with Crippen LogP contribution in [-0.2, 0) is 0 Å². The lowest BCUT2D eigenvalue weighted by molar-refractivity contribution is 0.0980. The number of ketones is 1. The van der Waals surface area contributed by atoms with Crippen LogP contribution in [0.25, 0.3) is 0 Å². The first-order valence-corrected chi connectivity index (χ1v) is 4.66. The molecule has 0 heterocycles. The topological polar surface area (TPSA) is 26.3 Å². The summed E-state index contributed by atoms with van der Waals surface area (Å²) in [5.41, 5.74) is 0.146. The number of methoxy groups -OCH3 is 1. The zero-order chi connectivity index (χ0) is 11.4. The summed E-state index contributed by atoms with van der Waals surface area (Å²) in [6.07, 6.45) is 0.981. The molecule has 4 heteroatoms. The first-order valence-electron chi connectivity index (χ1n) is 4.66. The Morgan fingerprint density at radius 1 is 1.40 bits per heavy atom. The van der Waals surface area contributed by atoms with Crippen molar-refractivity contribution >= 4 is 5.78 Å². The Balaban J connectivity index is 3.10. The highest BCUT2D eigenvalue weighted by molar-refractivity contribution is 5.96. The molecule has 0 unspecified atom stereocenters. The van der Waals surface area contributed by atoms with E-state index >= 15 is 0 Å². The molecule has 0 fully saturated rings. The third-order valence-electron chi connectivity index (χ3n) is 2.01. The van der Waals surface area contributed by atoms with Crippen LogP contribution in [0.15, 0.2) is 12.1 Å². The third kappa shape index (κ3) is 2.52. The molecule has 1 aromatic rings. The van der Waals surface area contributed by atoms with Gasteiger partial charge in [-0.05, 0) is 18.6 Å². The fraction of sp³-hybridized carbons (Fsp3) is 0.364. The molecule has 0 saturated heterocycles. The van der Waals surface area contributed by atoms with E-state index in [0.717, 1.165) is 6.07 Å². The fourth-order valence-electron chi connectivity index (χ4n) is 1.24. The Morgan fingerprint density at radius 3 is 2.60 bits per heavy atom. The monoisotopic (exact) mass is 214 g/mol. The summed E-state index contributed by atoms with van der Waals surface area (Å²) in [5.74, 6) is -2.58. The summed E-state index contributed by atoms with van der Waals surface area (Å²) < 4.78 is 30.7. The molecule has 0 radical (unpaired) electrons. The van der Waals surface area contributed by atoms with Gasteiger partial charge in [-0.1, -0.05) is 6.92 Å². The maximum absolute atomic E-state index is 13.0. The van der Waals surface area contributed by atoms with E-state index in [-0.39, 0.29) is 17.1 Å². The van der Waals surface area contributed by atoms with Crippen LogP contribution in [0.1, 0.15) is 30.1 Å². The standard InChI is InChI=1S/C11H12F2O2/c1-3-4-9(14)7-5-8(12)11(13)10(6-7)15-2/h5-6H,3-4H2,1-2H3. The summed E-state index contributed by atoms with van der Waals surface area (Å²) in [6, 6.07) is 2.12. The minimum atomic E-state index is -1.06. The van der Waals surface area contributed by atoms with Crippen LogP contribution < -0.4 is 4.74 Å². The fourth-order valence-corrected chi connectivity index (χ4v) is 1.24. The smallest absolute Gasteiger partial charge is 0.200 e. The molecule has 0 spiro atoms. The summed E-state index contributed by atoms with van der Waals surface area (Å²) in [6.45, 7) is 1.84. The Hall–Kier alpha value is -1.45. The minimum absolute atomic E-state index is 0.146. The van der Waals surface area contributed by atoms with Gasteiger partial charge in [0.25, 0.3) is 0 Å². The molecule has 0 amide bonds. The number of rotatable bonds is 4. The van der Waals surface area contributed by atoms with Crippen LogP contribution >= 0.6 is 0 Å². The molecule has 1 aromatic carbocycles. The Kier molecular flexibility index (Phi) is 3.77. The summed E-state index contributed by atoms with van der Waals surface area (Å²) >= 11 is 0. The van der Waals surface area contributed by atoms with Crippen LogP contribution in [0.4, 0.5) is 8.78 Å². The Bertz CT molecular complexity index is 375. The number of carbonyl (C=O) groups excluding carboxylic acids is 1. The van der Waals surface area contributed by atoms with Gasteiger partial charge in [-0.25, -0.2) is 4.39 Å². The van der Waals surface area contributed by atoms with Gasteiger partial charge in [0.1, 0.15) is 0 Å². The van der Waals surface area contributed by atoms with Crippen molar-refractivity contribution in [2.45, 2.75) is 19.8 Å². The molecule has 0 atom stereocenters. The molecule has 1 rings (SSSR count). The number of ether oxygens (including phenoxy) is 1. The van der Waals surface area contributed by atoms with Gasteiger partial charge in [0.05, 0.1) is 7.11 Å². The second-order valence-electron chi connectivity index (χ2n) is 3.15. The molecule has 82 valence electrons. The number of benzene rings is 1. The highest BCUT2D eigenvalue weighted by atomic mass is 19.2. The number of hydrogen-bond acceptors (Lipinski definition) is 2. The zero-order valence-corrected chi connectivity index (χ0v) is 8.64. The number of Topliss-reactive ketones (excluding diaryl/α,β-unsaturated/α-hetero) is 1. The van der Waals surface area contributed by atoms with E-state index in [2.05, 4.69) is 4.74 Å². The number of halogens is 2. The quantitative estimate of drug-likeness (QED) is 0.720. The van der Waals surface area contributed by atoms with E-state index in [0.29, 0.717) is 12.8 Å². The lowest BCUT2D eigenvalue weighted by Crippen LogP contribution is -2.02. The van der Waals surface area contributed by atoms with E-state index in [1.165, 1.54) is 13.2 Å². The molecule has 0 aliphatic carbocycles. The van der Waals surface area contributed by atoms with E-state index in [1.54, 1.807) is 0 Å². The molecule has 0 bridgehead atoms. The molecule has 0 N–H and O–H groups in total. The Labute approximate surface area is 86.9 Å². The predicted molar refractivity (Wildman–Crippen MR) is 52.1 cm³/mol. The molecule has 0 aliphatic rings. The van der Waals surface area contributed by atoms with Gasteiger partial charge in [-0.15, -0.1) is 0 Å². The van der Waals surface area contributed by atoms with Crippen molar-refractivity contribution in [3.63, 3.8) is 0 Å². The van der Waals surface area contributed by atoms with Gasteiger partial charge in [-0.2, -0.15) is 4.39 Å². The van der Waals surface area contributed by atoms with Crippen LogP contribution in [0, 0.1) is 11.6 Å². The maximum atomic E-state index is 13.0. The van der Waals surface area contributed by atoms with Crippen molar-refractivity contribution in [1.29, 1.82) is 0 Å². The van der Waals surface area contributed by atoms with Crippen molar-refractivity contribution in [3.05, 3.63) is 29.3 Å². The van der Waals surface area contributed by atoms with Crippen molar-refractivity contribution in [1.82, 2.24) is 0 Å². The number of hydrogen-bond donors (Lipinski definition) is 0. The predicted octanol–water partition coefficient (Wildman–Crippen LogP) is 2.96. The van der Waals surface area contributed by atoms with E-state index in [4.69, 9.17) is 0 Å². The van der Waals surface area contributed by atoms with Crippen LogP contribution in [-0.4, -0.2) is 12.9 Å².